The summed E-state index contributed by atoms with van der Waals surface area (Å²) in [6.07, 6.45) is 3.19. The third-order valence-corrected chi connectivity index (χ3v) is 4.09. The Morgan fingerprint density at radius 3 is 2.13 bits per heavy atom. The number of ether oxygens (including phenoxy) is 1. The molecule has 0 bridgehead atoms. The maximum absolute atomic E-state index is 6.27. The zero-order valence-electron chi connectivity index (χ0n) is 14.6. The normalized spacial score (nSPS) is 12.9. The first-order chi connectivity index (χ1) is 11.0. The van der Waals surface area contributed by atoms with E-state index in [0.29, 0.717) is 0 Å². The fourth-order valence-corrected chi connectivity index (χ4v) is 2.63. The monoisotopic (exact) mass is 311 g/mol. The van der Waals surface area contributed by atoms with Crippen LogP contribution in [-0.4, -0.2) is 6.54 Å². The van der Waals surface area contributed by atoms with Crippen LogP contribution in [0.2, 0.25) is 0 Å². The molecule has 0 aromatic heterocycles. The maximum atomic E-state index is 6.27. The first kappa shape index (κ1) is 17.6. The van der Waals surface area contributed by atoms with Gasteiger partial charge in [-0.25, -0.2) is 0 Å². The highest BCUT2D eigenvalue weighted by atomic mass is 16.5. The van der Waals surface area contributed by atoms with Crippen molar-refractivity contribution >= 4 is 0 Å². The van der Waals surface area contributed by atoms with E-state index in [4.69, 9.17) is 10.5 Å². The van der Waals surface area contributed by atoms with E-state index in [2.05, 4.69) is 69.3 Å². The van der Waals surface area contributed by atoms with Crippen molar-refractivity contribution in [3.63, 3.8) is 0 Å². The highest BCUT2D eigenvalue weighted by Crippen LogP contribution is 2.29. The van der Waals surface area contributed by atoms with Crippen molar-refractivity contribution in [2.24, 2.45) is 5.73 Å². The Balaban J connectivity index is 2.10. The third kappa shape index (κ3) is 5.40. The molecule has 2 rings (SSSR count). The fraction of sp³-hybridized carbons (Fsp3) is 0.429. The van der Waals surface area contributed by atoms with Gasteiger partial charge in [0.25, 0.3) is 0 Å². The number of rotatable bonds is 7. The van der Waals surface area contributed by atoms with Gasteiger partial charge in [0.2, 0.25) is 0 Å². The van der Waals surface area contributed by atoms with E-state index in [9.17, 15) is 0 Å². The van der Waals surface area contributed by atoms with Crippen molar-refractivity contribution in [3.8, 4) is 5.75 Å². The number of benzene rings is 2. The SMILES string of the molecule is CC(C)(C)c1ccc(OC(CCCCN)c2ccccc2)cc1. The van der Waals surface area contributed by atoms with Gasteiger partial charge in [-0.3, -0.25) is 0 Å². The average Bonchev–Trinajstić information content (AvgIpc) is 2.54. The molecular weight excluding hydrogens is 282 g/mol. The van der Waals surface area contributed by atoms with Crippen LogP contribution in [0, 0.1) is 0 Å². The first-order valence-electron chi connectivity index (χ1n) is 8.53. The zero-order valence-corrected chi connectivity index (χ0v) is 14.6. The predicted molar refractivity (Wildman–Crippen MR) is 97.9 cm³/mol. The number of hydrogen-bond donors (Lipinski definition) is 1. The highest BCUT2D eigenvalue weighted by molar-refractivity contribution is 5.32. The van der Waals surface area contributed by atoms with Gasteiger partial charge < -0.3 is 10.5 Å². The molecule has 1 unspecified atom stereocenters. The van der Waals surface area contributed by atoms with Gasteiger partial charge in [0.15, 0.2) is 0 Å². The lowest BCUT2D eigenvalue weighted by atomic mass is 9.87. The van der Waals surface area contributed by atoms with Gasteiger partial charge in [-0.1, -0.05) is 63.2 Å². The predicted octanol–water partition coefficient (Wildman–Crippen LogP) is 5.23. The smallest absolute Gasteiger partial charge is 0.124 e. The molecule has 0 aliphatic rings. The summed E-state index contributed by atoms with van der Waals surface area (Å²) in [7, 11) is 0. The Kier molecular flexibility index (Phi) is 6.23. The quantitative estimate of drug-likeness (QED) is 0.710. The summed E-state index contributed by atoms with van der Waals surface area (Å²) in [5.74, 6) is 0.930. The van der Waals surface area contributed by atoms with Crippen molar-refractivity contribution in [2.75, 3.05) is 6.54 Å². The van der Waals surface area contributed by atoms with E-state index < -0.39 is 0 Å². The van der Waals surface area contributed by atoms with Gasteiger partial charge in [0, 0.05) is 0 Å². The topological polar surface area (TPSA) is 35.2 Å². The molecule has 0 saturated heterocycles. The second-order valence-corrected chi connectivity index (χ2v) is 7.08. The molecule has 2 aromatic rings. The standard InChI is InChI=1S/C21H29NO/c1-21(2,3)18-12-14-19(15-13-18)23-20(11-7-8-16-22)17-9-5-4-6-10-17/h4-6,9-10,12-15,20H,7-8,11,16,22H2,1-3H3. The summed E-state index contributed by atoms with van der Waals surface area (Å²) in [6, 6.07) is 18.9. The molecule has 124 valence electrons. The molecule has 0 aliphatic carbocycles. The fourth-order valence-electron chi connectivity index (χ4n) is 2.63. The van der Waals surface area contributed by atoms with E-state index in [-0.39, 0.29) is 11.5 Å². The minimum Gasteiger partial charge on any atom is -0.486 e. The summed E-state index contributed by atoms with van der Waals surface area (Å²) < 4.78 is 6.27. The highest BCUT2D eigenvalue weighted by Gasteiger charge is 2.15. The van der Waals surface area contributed by atoms with Crippen molar-refractivity contribution in [1.29, 1.82) is 0 Å². The Bertz CT molecular complexity index is 569. The molecule has 0 fully saturated rings. The maximum Gasteiger partial charge on any atom is 0.124 e. The summed E-state index contributed by atoms with van der Waals surface area (Å²) in [4.78, 5) is 0. The molecule has 0 radical (unpaired) electrons. The molecule has 2 heteroatoms. The van der Waals surface area contributed by atoms with Crippen LogP contribution in [0.5, 0.6) is 5.75 Å². The van der Waals surface area contributed by atoms with Crippen LogP contribution < -0.4 is 10.5 Å². The summed E-state index contributed by atoms with van der Waals surface area (Å²) >= 11 is 0. The molecule has 23 heavy (non-hydrogen) atoms. The molecular formula is C21H29NO. The van der Waals surface area contributed by atoms with E-state index in [1.807, 2.05) is 6.07 Å². The largest absolute Gasteiger partial charge is 0.486 e. The van der Waals surface area contributed by atoms with Crippen molar-refractivity contribution in [1.82, 2.24) is 0 Å². The van der Waals surface area contributed by atoms with Crippen LogP contribution in [0.1, 0.15) is 57.3 Å². The van der Waals surface area contributed by atoms with Gasteiger partial charge in [0.1, 0.15) is 11.9 Å². The Morgan fingerprint density at radius 2 is 1.57 bits per heavy atom. The molecule has 2 nitrogen and oxygen atoms in total. The van der Waals surface area contributed by atoms with Crippen molar-refractivity contribution in [3.05, 3.63) is 65.7 Å². The van der Waals surface area contributed by atoms with Gasteiger partial charge in [0.05, 0.1) is 0 Å². The molecule has 1 atom stereocenters. The van der Waals surface area contributed by atoms with Crippen LogP contribution in [0.25, 0.3) is 0 Å². The number of unbranched alkanes of at least 4 members (excludes halogenated alkanes) is 1. The molecule has 0 amide bonds. The lowest BCUT2D eigenvalue weighted by Gasteiger charge is -2.22. The van der Waals surface area contributed by atoms with Crippen LogP contribution in [-0.2, 0) is 5.41 Å². The van der Waals surface area contributed by atoms with E-state index in [1.54, 1.807) is 0 Å². The second kappa shape index (κ2) is 8.16. The average molecular weight is 311 g/mol. The third-order valence-electron chi connectivity index (χ3n) is 4.09. The van der Waals surface area contributed by atoms with Gasteiger partial charge >= 0.3 is 0 Å². The summed E-state index contributed by atoms with van der Waals surface area (Å²) in [5.41, 5.74) is 8.34. The minimum absolute atomic E-state index is 0.0863. The van der Waals surface area contributed by atoms with Crippen LogP contribution in [0.4, 0.5) is 0 Å². The Labute approximate surface area is 140 Å². The van der Waals surface area contributed by atoms with E-state index >= 15 is 0 Å². The van der Waals surface area contributed by atoms with Gasteiger partial charge in [-0.15, -0.1) is 0 Å². The summed E-state index contributed by atoms with van der Waals surface area (Å²) in [5, 5.41) is 0. The van der Waals surface area contributed by atoms with Crippen LogP contribution in [0.15, 0.2) is 54.6 Å². The molecule has 0 heterocycles. The number of nitrogens with two attached hydrogens (primary N) is 1. The lowest BCUT2D eigenvalue weighted by molar-refractivity contribution is 0.191. The first-order valence-corrected chi connectivity index (χ1v) is 8.53. The number of hydrogen-bond acceptors (Lipinski definition) is 2. The van der Waals surface area contributed by atoms with Crippen molar-refractivity contribution < 1.29 is 4.74 Å². The molecule has 2 aromatic carbocycles. The van der Waals surface area contributed by atoms with E-state index in [0.717, 1.165) is 31.6 Å². The molecule has 0 spiro atoms. The zero-order chi connectivity index (χ0) is 16.7. The van der Waals surface area contributed by atoms with Crippen LogP contribution >= 0.6 is 0 Å². The van der Waals surface area contributed by atoms with Gasteiger partial charge in [-0.2, -0.15) is 0 Å². The molecule has 0 saturated carbocycles. The second-order valence-electron chi connectivity index (χ2n) is 7.08. The van der Waals surface area contributed by atoms with Crippen LogP contribution in [0.3, 0.4) is 0 Å². The lowest BCUT2D eigenvalue weighted by Crippen LogP contribution is -2.11. The summed E-state index contributed by atoms with van der Waals surface area (Å²) in [6.45, 7) is 7.41. The van der Waals surface area contributed by atoms with Crippen molar-refractivity contribution in [2.45, 2.75) is 51.6 Å². The molecule has 0 aliphatic heterocycles. The Hall–Kier alpha value is -1.80. The van der Waals surface area contributed by atoms with Gasteiger partial charge in [-0.05, 0) is 54.5 Å². The van der Waals surface area contributed by atoms with E-state index in [1.165, 1.54) is 11.1 Å². The molecule has 2 N–H and O–H groups in total. The minimum atomic E-state index is 0.0863. The Morgan fingerprint density at radius 1 is 0.913 bits per heavy atom.